The summed E-state index contributed by atoms with van der Waals surface area (Å²) in [7, 11) is 0. The SMILES string of the molecule is CCC1(C)CC2(CCNCC2c2ccc(F)cc2)CCO1. The average molecular weight is 291 g/mol. The number of piperidine rings is 1. The molecule has 3 rings (SSSR count). The Morgan fingerprint density at radius 1 is 1.29 bits per heavy atom. The summed E-state index contributed by atoms with van der Waals surface area (Å²) in [5.41, 5.74) is 1.56. The summed E-state index contributed by atoms with van der Waals surface area (Å²) in [5.74, 6) is 0.309. The van der Waals surface area contributed by atoms with Crippen LogP contribution in [-0.4, -0.2) is 25.3 Å². The molecule has 1 spiro atoms. The number of halogens is 1. The van der Waals surface area contributed by atoms with Gasteiger partial charge in [0.05, 0.1) is 5.60 Å². The monoisotopic (exact) mass is 291 g/mol. The van der Waals surface area contributed by atoms with Gasteiger partial charge < -0.3 is 10.1 Å². The van der Waals surface area contributed by atoms with Crippen LogP contribution < -0.4 is 5.32 Å². The van der Waals surface area contributed by atoms with E-state index in [-0.39, 0.29) is 11.4 Å². The van der Waals surface area contributed by atoms with Gasteiger partial charge in [-0.2, -0.15) is 0 Å². The molecule has 1 N–H and O–H groups in total. The van der Waals surface area contributed by atoms with E-state index < -0.39 is 0 Å². The number of hydrogen-bond donors (Lipinski definition) is 1. The van der Waals surface area contributed by atoms with Gasteiger partial charge in [-0.15, -0.1) is 0 Å². The van der Waals surface area contributed by atoms with Crippen molar-refractivity contribution in [3.8, 4) is 0 Å². The third-order valence-electron chi connectivity index (χ3n) is 5.68. The number of nitrogens with one attached hydrogen (secondary N) is 1. The molecule has 2 fully saturated rings. The second kappa shape index (κ2) is 5.69. The molecule has 0 radical (unpaired) electrons. The summed E-state index contributed by atoms with van der Waals surface area (Å²) < 4.78 is 19.3. The van der Waals surface area contributed by atoms with Crippen LogP contribution in [0.1, 0.15) is 51.0 Å². The lowest BCUT2D eigenvalue weighted by molar-refractivity contribution is -0.130. The van der Waals surface area contributed by atoms with Gasteiger partial charge >= 0.3 is 0 Å². The molecule has 2 aliphatic heterocycles. The topological polar surface area (TPSA) is 21.3 Å². The van der Waals surface area contributed by atoms with E-state index in [0.29, 0.717) is 11.3 Å². The quantitative estimate of drug-likeness (QED) is 0.893. The van der Waals surface area contributed by atoms with Crippen molar-refractivity contribution in [2.75, 3.05) is 19.7 Å². The number of hydrogen-bond acceptors (Lipinski definition) is 2. The first-order valence-corrected chi connectivity index (χ1v) is 8.17. The molecule has 0 amide bonds. The second-order valence-electron chi connectivity index (χ2n) is 7.00. The number of benzene rings is 1. The molecule has 0 saturated carbocycles. The maximum Gasteiger partial charge on any atom is 0.123 e. The normalized spacial score (nSPS) is 36.8. The molecule has 1 aromatic rings. The van der Waals surface area contributed by atoms with Crippen LogP contribution in [0, 0.1) is 11.2 Å². The first kappa shape index (κ1) is 15.0. The van der Waals surface area contributed by atoms with Crippen LogP contribution >= 0.6 is 0 Å². The molecule has 3 unspecified atom stereocenters. The molecule has 1 aromatic carbocycles. The van der Waals surface area contributed by atoms with E-state index in [1.165, 1.54) is 12.0 Å². The lowest BCUT2D eigenvalue weighted by Crippen LogP contribution is -2.51. The predicted molar refractivity (Wildman–Crippen MR) is 82.9 cm³/mol. The third kappa shape index (κ3) is 2.86. The maximum absolute atomic E-state index is 13.2. The zero-order valence-corrected chi connectivity index (χ0v) is 13.1. The van der Waals surface area contributed by atoms with Gasteiger partial charge in [-0.1, -0.05) is 19.1 Å². The van der Waals surface area contributed by atoms with Crippen LogP contribution in [0.4, 0.5) is 4.39 Å². The van der Waals surface area contributed by atoms with E-state index >= 15 is 0 Å². The Kier molecular flexibility index (Phi) is 4.06. The fourth-order valence-corrected chi connectivity index (χ4v) is 4.26. The molecule has 0 aliphatic carbocycles. The van der Waals surface area contributed by atoms with Gasteiger partial charge in [0.2, 0.25) is 0 Å². The fraction of sp³-hybridized carbons (Fsp3) is 0.667. The average Bonchev–Trinajstić information content (AvgIpc) is 2.49. The smallest absolute Gasteiger partial charge is 0.123 e. The summed E-state index contributed by atoms with van der Waals surface area (Å²) in [6.07, 6.45) is 4.47. The Morgan fingerprint density at radius 2 is 2.05 bits per heavy atom. The minimum Gasteiger partial charge on any atom is -0.375 e. The summed E-state index contributed by atoms with van der Waals surface area (Å²) >= 11 is 0. The number of rotatable bonds is 2. The highest BCUT2D eigenvalue weighted by molar-refractivity contribution is 5.25. The molecule has 3 atom stereocenters. The highest BCUT2D eigenvalue weighted by Crippen LogP contribution is 2.52. The molecule has 2 aliphatic rings. The Labute approximate surface area is 127 Å². The van der Waals surface area contributed by atoms with Gasteiger partial charge in [-0.25, -0.2) is 4.39 Å². The van der Waals surface area contributed by atoms with E-state index in [4.69, 9.17) is 4.74 Å². The van der Waals surface area contributed by atoms with Crippen molar-refractivity contribution in [1.29, 1.82) is 0 Å². The standard InChI is InChI=1S/C18H26FNO/c1-3-17(2)13-18(9-11-21-17)8-10-20-12-16(18)14-4-6-15(19)7-5-14/h4-7,16,20H,3,8-13H2,1-2H3. The summed E-state index contributed by atoms with van der Waals surface area (Å²) in [5, 5.41) is 3.53. The zero-order chi connectivity index (χ0) is 14.9. The Bertz CT molecular complexity index is 484. The van der Waals surface area contributed by atoms with Crippen LogP contribution in [0.2, 0.25) is 0 Å². The zero-order valence-electron chi connectivity index (χ0n) is 13.1. The first-order valence-electron chi connectivity index (χ1n) is 8.17. The molecule has 0 aromatic heterocycles. The largest absolute Gasteiger partial charge is 0.375 e. The van der Waals surface area contributed by atoms with Crippen molar-refractivity contribution in [2.45, 2.75) is 51.0 Å². The molecular formula is C18H26FNO. The Morgan fingerprint density at radius 3 is 2.76 bits per heavy atom. The summed E-state index contributed by atoms with van der Waals surface area (Å²) in [4.78, 5) is 0. The van der Waals surface area contributed by atoms with Crippen LogP contribution in [-0.2, 0) is 4.74 Å². The van der Waals surface area contributed by atoms with Crippen molar-refractivity contribution >= 4 is 0 Å². The summed E-state index contributed by atoms with van der Waals surface area (Å²) in [6.45, 7) is 7.38. The molecule has 116 valence electrons. The molecular weight excluding hydrogens is 265 g/mol. The van der Waals surface area contributed by atoms with E-state index in [1.54, 1.807) is 12.1 Å². The molecule has 0 bridgehead atoms. The lowest BCUT2D eigenvalue weighted by atomic mass is 9.60. The molecule has 2 heterocycles. The van der Waals surface area contributed by atoms with Crippen molar-refractivity contribution in [1.82, 2.24) is 5.32 Å². The molecule has 2 saturated heterocycles. The molecule has 3 heteroatoms. The van der Waals surface area contributed by atoms with Gasteiger partial charge in [0.15, 0.2) is 0 Å². The van der Waals surface area contributed by atoms with Crippen LogP contribution in [0.25, 0.3) is 0 Å². The highest BCUT2D eigenvalue weighted by atomic mass is 19.1. The maximum atomic E-state index is 13.2. The van der Waals surface area contributed by atoms with Gasteiger partial charge in [0, 0.05) is 19.1 Å². The van der Waals surface area contributed by atoms with E-state index in [1.807, 2.05) is 12.1 Å². The number of ether oxygens (including phenoxy) is 1. The Balaban J connectivity index is 1.92. The van der Waals surface area contributed by atoms with Gasteiger partial charge in [0.25, 0.3) is 0 Å². The van der Waals surface area contributed by atoms with Crippen molar-refractivity contribution in [2.24, 2.45) is 5.41 Å². The summed E-state index contributed by atoms with van der Waals surface area (Å²) in [6, 6.07) is 7.12. The minimum absolute atomic E-state index is 0.00608. The van der Waals surface area contributed by atoms with Gasteiger partial charge in [0.1, 0.15) is 5.82 Å². The van der Waals surface area contributed by atoms with Crippen LogP contribution in [0.5, 0.6) is 0 Å². The minimum atomic E-state index is -0.151. The fourth-order valence-electron chi connectivity index (χ4n) is 4.26. The molecule has 21 heavy (non-hydrogen) atoms. The van der Waals surface area contributed by atoms with Gasteiger partial charge in [-0.05, 0) is 62.3 Å². The predicted octanol–water partition coefficient (Wildman–Crippen LogP) is 3.87. The van der Waals surface area contributed by atoms with Crippen molar-refractivity contribution < 1.29 is 9.13 Å². The van der Waals surface area contributed by atoms with Crippen molar-refractivity contribution in [3.05, 3.63) is 35.6 Å². The van der Waals surface area contributed by atoms with E-state index in [2.05, 4.69) is 19.2 Å². The van der Waals surface area contributed by atoms with E-state index in [0.717, 1.165) is 39.0 Å². The lowest BCUT2D eigenvalue weighted by Gasteiger charge is -2.52. The highest BCUT2D eigenvalue weighted by Gasteiger charge is 2.48. The second-order valence-corrected chi connectivity index (χ2v) is 7.00. The Hall–Kier alpha value is -0.930. The first-order chi connectivity index (χ1) is 10.1. The van der Waals surface area contributed by atoms with Crippen LogP contribution in [0.15, 0.2) is 24.3 Å². The van der Waals surface area contributed by atoms with Crippen LogP contribution in [0.3, 0.4) is 0 Å². The van der Waals surface area contributed by atoms with Gasteiger partial charge in [-0.3, -0.25) is 0 Å². The third-order valence-corrected chi connectivity index (χ3v) is 5.68. The molecule has 2 nitrogen and oxygen atoms in total. The van der Waals surface area contributed by atoms with Crippen molar-refractivity contribution in [3.63, 3.8) is 0 Å². The van der Waals surface area contributed by atoms with E-state index in [9.17, 15) is 4.39 Å².